The molecule has 0 radical (unpaired) electrons. The van der Waals surface area contributed by atoms with Crippen molar-refractivity contribution >= 4 is 34.4 Å². The molecule has 0 saturated carbocycles. The lowest BCUT2D eigenvalue weighted by Crippen LogP contribution is -2.31. The van der Waals surface area contributed by atoms with Gasteiger partial charge in [0.2, 0.25) is 0 Å². The molecule has 0 atom stereocenters. The molecule has 0 saturated heterocycles. The van der Waals surface area contributed by atoms with Gasteiger partial charge in [-0.1, -0.05) is 24.3 Å². The molecule has 0 aliphatic carbocycles. The predicted octanol–water partition coefficient (Wildman–Crippen LogP) is 2.04. The lowest BCUT2D eigenvalue weighted by molar-refractivity contribution is -0.120. The van der Waals surface area contributed by atoms with Gasteiger partial charge in [0.15, 0.2) is 5.75 Å². The number of benzene rings is 2. The Morgan fingerprint density at radius 3 is 2.27 bits per heavy atom. The first-order valence-electron chi connectivity index (χ1n) is 6.55. The maximum absolute atomic E-state index is 12.0. The SMILES string of the molecule is Cc1cc(OC(N)=O)c(N2C(=O)C=CC2=O)c2ccccc12. The number of carbonyl (C=O) groups is 3. The number of carbonyl (C=O) groups excluding carboxylic acids is 3. The fraction of sp³-hybridized carbons (Fsp3) is 0.0625. The van der Waals surface area contributed by atoms with Crippen LogP contribution in [0.4, 0.5) is 10.5 Å². The van der Waals surface area contributed by atoms with Crippen molar-refractivity contribution < 1.29 is 19.1 Å². The number of fused-ring (bicyclic) bond motifs is 1. The highest BCUT2D eigenvalue weighted by Crippen LogP contribution is 2.39. The van der Waals surface area contributed by atoms with E-state index < -0.39 is 17.9 Å². The number of hydrogen-bond donors (Lipinski definition) is 1. The summed E-state index contributed by atoms with van der Waals surface area (Å²) in [5.74, 6) is -0.907. The van der Waals surface area contributed by atoms with Gasteiger partial charge in [-0.2, -0.15) is 0 Å². The first kappa shape index (κ1) is 13.8. The molecule has 0 bridgehead atoms. The van der Waals surface area contributed by atoms with E-state index >= 15 is 0 Å². The lowest BCUT2D eigenvalue weighted by Gasteiger charge is -2.20. The molecule has 2 N–H and O–H groups in total. The molecule has 2 aromatic carbocycles. The molecule has 1 aliphatic rings. The number of primary amides is 1. The van der Waals surface area contributed by atoms with Crippen LogP contribution in [0.25, 0.3) is 10.8 Å². The van der Waals surface area contributed by atoms with E-state index in [1.807, 2.05) is 19.1 Å². The van der Waals surface area contributed by atoms with Crippen molar-refractivity contribution in [3.8, 4) is 5.75 Å². The molecular weight excluding hydrogens is 284 g/mol. The van der Waals surface area contributed by atoms with Gasteiger partial charge >= 0.3 is 6.09 Å². The Morgan fingerprint density at radius 2 is 1.68 bits per heavy atom. The Bertz CT molecular complexity index is 837. The van der Waals surface area contributed by atoms with Crippen LogP contribution in [0.2, 0.25) is 0 Å². The molecule has 0 fully saturated rings. The zero-order valence-electron chi connectivity index (χ0n) is 11.7. The van der Waals surface area contributed by atoms with Gasteiger partial charge < -0.3 is 10.5 Å². The first-order valence-corrected chi connectivity index (χ1v) is 6.55. The maximum Gasteiger partial charge on any atom is 0.410 e. The molecule has 1 heterocycles. The van der Waals surface area contributed by atoms with Crippen LogP contribution in [0.15, 0.2) is 42.5 Å². The smallest absolute Gasteiger partial charge is 0.408 e. The van der Waals surface area contributed by atoms with Crippen molar-refractivity contribution in [1.29, 1.82) is 0 Å². The number of anilines is 1. The van der Waals surface area contributed by atoms with E-state index in [0.717, 1.165) is 15.8 Å². The highest BCUT2D eigenvalue weighted by molar-refractivity contribution is 6.31. The average Bonchev–Trinajstić information content (AvgIpc) is 2.79. The summed E-state index contributed by atoms with van der Waals surface area (Å²) in [6.07, 6.45) is 1.33. The normalized spacial score (nSPS) is 14.0. The van der Waals surface area contributed by atoms with Crippen LogP contribution in [0.1, 0.15) is 5.56 Å². The summed E-state index contributed by atoms with van der Waals surface area (Å²) in [5.41, 5.74) is 6.15. The molecule has 3 amide bonds. The van der Waals surface area contributed by atoms with Crippen LogP contribution in [0, 0.1) is 6.92 Å². The van der Waals surface area contributed by atoms with E-state index in [4.69, 9.17) is 10.5 Å². The van der Waals surface area contributed by atoms with Crippen molar-refractivity contribution in [3.05, 3.63) is 48.0 Å². The summed E-state index contributed by atoms with van der Waals surface area (Å²) < 4.78 is 5.01. The fourth-order valence-corrected chi connectivity index (χ4v) is 2.55. The van der Waals surface area contributed by atoms with Gasteiger partial charge in [0.25, 0.3) is 11.8 Å². The molecule has 22 heavy (non-hydrogen) atoms. The van der Waals surface area contributed by atoms with E-state index in [9.17, 15) is 14.4 Å². The number of nitrogens with two attached hydrogens (primary N) is 1. The number of aryl methyl sites for hydroxylation is 1. The summed E-state index contributed by atoms with van der Waals surface area (Å²) >= 11 is 0. The Hall–Kier alpha value is -3.15. The van der Waals surface area contributed by atoms with E-state index in [1.54, 1.807) is 18.2 Å². The quantitative estimate of drug-likeness (QED) is 0.859. The molecule has 6 heteroatoms. The molecule has 1 aliphatic heterocycles. The monoisotopic (exact) mass is 296 g/mol. The zero-order chi connectivity index (χ0) is 15.9. The van der Waals surface area contributed by atoms with Gasteiger partial charge in [-0.05, 0) is 23.9 Å². The van der Waals surface area contributed by atoms with Crippen LogP contribution in [0.5, 0.6) is 5.75 Å². The molecule has 0 spiro atoms. The van der Waals surface area contributed by atoms with E-state index in [1.165, 1.54) is 12.2 Å². The highest BCUT2D eigenvalue weighted by atomic mass is 16.5. The second-order valence-electron chi connectivity index (χ2n) is 4.85. The van der Waals surface area contributed by atoms with Gasteiger partial charge in [-0.25, -0.2) is 9.69 Å². The molecule has 3 rings (SSSR count). The minimum absolute atomic E-state index is 0.0779. The Kier molecular flexibility index (Phi) is 3.14. The summed E-state index contributed by atoms with van der Waals surface area (Å²) in [6, 6.07) is 8.82. The molecule has 0 unspecified atom stereocenters. The van der Waals surface area contributed by atoms with Gasteiger partial charge in [0.05, 0.1) is 0 Å². The third kappa shape index (κ3) is 2.10. The van der Waals surface area contributed by atoms with Gasteiger partial charge in [0, 0.05) is 17.5 Å². The summed E-state index contributed by atoms with van der Waals surface area (Å²) in [5, 5.41) is 1.48. The molecule has 110 valence electrons. The topological polar surface area (TPSA) is 89.7 Å². The minimum Gasteiger partial charge on any atom is -0.408 e. The Balaban J connectivity index is 2.34. The second kappa shape index (κ2) is 5.00. The predicted molar refractivity (Wildman–Crippen MR) is 80.5 cm³/mol. The van der Waals surface area contributed by atoms with Gasteiger partial charge in [-0.3, -0.25) is 9.59 Å². The van der Waals surface area contributed by atoms with E-state index in [2.05, 4.69) is 0 Å². The summed E-state index contributed by atoms with van der Waals surface area (Å²) in [4.78, 5) is 36.1. The Morgan fingerprint density at radius 1 is 1.09 bits per heavy atom. The molecule has 0 aromatic heterocycles. The number of ether oxygens (including phenoxy) is 1. The van der Waals surface area contributed by atoms with Crippen molar-refractivity contribution in [2.24, 2.45) is 5.73 Å². The van der Waals surface area contributed by atoms with Crippen LogP contribution in [0.3, 0.4) is 0 Å². The third-order valence-corrected chi connectivity index (χ3v) is 3.43. The maximum atomic E-state index is 12.0. The van der Waals surface area contributed by atoms with Gasteiger partial charge in [-0.15, -0.1) is 0 Å². The number of rotatable bonds is 2. The molecule has 6 nitrogen and oxygen atoms in total. The van der Waals surface area contributed by atoms with Crippen molar-refractivity contribution in [2.75, 3.05) is 4.90 Å². The highest BCUT2D eigenvalue weighted by Gasteiger charge is 2.30. The Labute approximate surface area is 125 Å². The van der Waals surface area contributed by atoms with Crippen molar-refractivity contribution in [1.82, 2.24) is 0 Å². The second-order valence-corrected chi connectivity index (χ2v) is 4.85. The number of hydrogen-bond acceptors (Lipinski definition) is 4. The van der Waals surface area contributed by atoms with Crippen molar-refractivity contribution in [3.63, 3.8) is 0 Å². The lowest BCUT2D eigenvalue weighted by atomic mass is 10.0. The standard InChI is InChI=1S/C16H12N2O4/c1-9-8-12(22-16(17)21)15(11-5-3-2-4-10(9)11)18-13(19)6-7-14(18)20/h2-8H,1H3,(H2,17,21). The number of nitrogens with zero attached hydrogens (tertiary/aromatic N) is 1. The fourth-order valence-electron chi connectivity index (χ4n) is 2.55. The number of amides is 3. The van der Waals surface area contributed by atoms with Crippen molar-refractivity contribution in [2.45, 2.75) is 6.92 Å². The third-order valence-electron chi connectivity index (χ3n) is 3.43. The van der Waals surface area contributed by atoms with Crippen LogP contribution in [-0.2, 0) is 9.59 Å². The largest absolute Gasteiger partial charge is 0.410 e. The average molecular weight is 296 g/mol. The van der Waals surface area contributed by atoms with Crippen LogP contribution >= 0.6 is 0 Å². The van der Waals surface area contributed by atoms with Crippen LogP contribution < -0.4 is 15.4 Å². The summed E-state index contributed by atoms with van der Waals surface area (Å²) in [6.45, 7) is 1.84. The summed E-state index contributed by atoms with van der Waals surface area (Å²) in [7, 11) is 0. The van der Waals surface area contributed by atoms with E-state index in [-0.39, 0.29) is 11.4 Å². The van der Waals surface area contributed by atoms with E-state index in [0.29, 0.717) is 5.39 Å². The van der Waals surface area contributed by atoms with Gasteiger partial charge in [0.1, 0.15) is 5.69 Å². The van der Waals surface area contributed by atoms with Crippen LogP contribution in [-0.4, -0.2) is 17.9 Å². The molecule has 2 aromatic rings. The molecular formula is C16H12N2O4. The zero-order valence-corrected chi connectivity index (χ0v) is 11.7. The minimum atomic E-state index is -1.01. The first-order chi connectivity index (χ1) is 10.5. The number of imide groups is 1.